The molecule has 3 aromatic heterocycles. The number of amides is 1. The first-order valence-corrected chi connectivity index (χ1v) is 15.3. The number of hydrogen-bond donors (Lipinski definition) is 1. The maximum Gasteiger partial charge on any atom is 0.255 e. The molecule has 0 bridgehead atoms. The fraction of sp³-hybridized carbons (Fsp3) is 0.371. The van der Waals surface area contributed by atoms with Crippen LogP contribution < -0.4 is 5.73 Å². The molecule has 1 aliphatic heterocycles. The number of aryl methyl sites for hydroxylation is 3. The predicted molar refractivity (Wildman–Crippen MR) is 164 cm³/mol. The van der Waals surface area contributed by atoms with Gasteiger partial charge in [-0.15, -0.1) is 0 Å². The molecular weight excluding hydrogens is 525 g/mol. The van der Waals surface area contributed by atoms with Gasteiger partial charge in [0.1, 0.15) is 11.9 Å². The Morgan fingerprint density at radius 2 is 1.79 bits per heavy atom. The number of rotatable bonds is 5. The summed E-state index contributed by atoms with van der Waals surface area (Å²) in [5.74, 6) is 0.492. The summed E-state index contributed by atoms with van der Waals surface area (Å²) in [6, 6.07) is 19.5. The maximum atomic E-state index is 14.2. The highest BCUT2D eigenvalue weighted by molar-refractivity contribution is 5.95. The van der Waals surface area contributed by atoms with Crippen LogP contribution in [0.2, 0.25) is 0 Å². The molecule has 214 valence electrons. The summed E-state index contributed by atoms with van der Waals surface area (Å²) in [5, 5.41) is 6.24. The van der Waals surface area contributed by atoms with E-state index in [9.17, 15) is 9.18 Å². The Kier molecular flexibility index (Phi) is 6.00. The quantitative estimate of drug-likeness (QED) is 0.272. The van der Waals surface area contributed by atoms with Crippen molar-refractivity contribution in [3.63, 3.8) is 0 Å². The number of alkyl halides is 1. The van der Waals surface area contributed by atoms with Crippen LogP contribution in [0.1, 0.15) is 52.7 Å². The van der Waals surface area contributed by atoms with Gasteiger partial charge in [0.25, 0.3) is 5.91 Å². The lowest BCUT2D eigenvalue weighted by atomic mass is 10.00. The lowest BCUT2D eigenvalue weighted by molar-refractivity contribution is 0.0606. The van der Waals surface area contributed by atoms with Crippen molar-refractivity contribution in [3.05, 3.63) is 83.0 Å². The van der Waals surface area contributed by atoms with Gasteiger partial charge in [-0.3, -0.25) is 4.79 Å². The number of benzene rings is 2. The molecule has 5 aromatic rings. The first-order valence-electron chi connectivity index (χ1n) is 15.3. The van der Waals surface area contributed by atoms with E-state index in [1.54, 1.807) is 6.20 Å². The molecule has 1 saturated heterocycles. The van der Waals surface area contributed by atoms with Crippen molar-refractivity contribution in [2.75, 3.05) is 13.1 Å². The Morgan fingerprint density at radius 3 is 2.62 bits per heavy atom. The first kappa shape index (κ1) is 25.7. The summed E-state index contributed by atoms with van der Waals surface area (Å²) in [5.41, 5.74) is 17.3. The molecule has 4 heterocycles. The van der Waals surface area contributed by atoms with E-state index in [-0.39, 0.29) is 18.5 Å². The molecule has 6 nitrogen and oxygen atoms in total. The molecule has 2 N–H and O–H groups in total. The van der Waals surface area contributed by atoms with Crippen molar-refractivity contribution in [2.24, 2.45) is 11.7 Å². The van der Waals surface area contributed by atoms with Gasteiger partial charge in [-0.2, -0.15) is 5.10 Å². The summed E-state index contributed by atoms with van der Waals surface area (Å²) in [7, 11) is 0. The number of carbonyl (C=O) groups excluding carboxylic acids is 1. The standard InChI is InChI=1S/C35H36FN5O/c1-21-31-12-11-28(35(42)39-19-29(36)16-30(37)20-39)18-41(31)38-34(21)33-15-27-10-9-26(14-32(27)40(33)17-22-5-6-22)25-8-7-23-3-2-4-24(23)13-25/h7-15,18,22,29-30H,2-6,16-17,19-20,37H2,1H3/t29-,30-/m1/s1. The van der Waals surface area contributed by atoms with Gasteiger partial charge >= 0.3 is 0 Å². The van der Waals surface area contributed by atoms with Crippen LogP contribution in [-0.2, 0) is 19.4 Å². The second-order valence-corrected chi connectivity index (χ2v) is 12.7. The predicted octanol–water partition coefficient (Wildman–Crippen LogP) is 6.34. The molecule has 0 unspecified atom stereocenters. The third-order valence-corrected chi connectivity index (χ3v) is 9.56. The van der Waals surface area contributed by atoms with Crippen molar-refractivity contribution in [1.29, 1.82) is 0 Å². The van der Waals surface area contributed by atoms with Crippen LogP contribution in [0.25, 0.3) is 38.9 Å². The van der Waals surface area contributed by atoms with Crippen LogP contribution in [0.15, 0.2) is 60.8 Å². The number of pyridine rings is 1. The molecule has 3 aliphatic rings. The minimum atomic E-state index is -1.09. The van der Waals surface area contributed by atoms with Gasteiger partial charge in [0, 0.05) is 41.8 Å². The Hall–Kier alpha value is -3.97. The van der Waals surface area contributed by atoms with E-state index in [1.807, 2.05) is 16.6 Å². The van der Waals surface area contributed by atoms with Crippen LogP contribution in [0.4, 0.5) is 4.39 Å². The second-order valence-electron chi connectivity index (χ2n) is 12.7. The SMILES string of the molecule is Cc1c(-c2cc3ccc(-c4ccc5c(c4)CCC5)cc3n2CC2CC2)nn2cc(C(=O)N3C[C@H](N)C[C@@H](F)C3)ccc12. The molecule has 1 amide bonds. The number of carbonyl (C=O) groups is 1. The van der Waals surface area contributed by atoms with E-state index in [2.05, 4.69) is 54.0 Å². The highest BCUT2D eigenvalue weighted by atomic mass is 19.1. The molecule has 2 atom stereocenters. The maximum absolute atomic E-state index is 14.2. The first-order chi connectivity index (χ1) is 20.4. The third-order valence-electron chi connectivity index (χ3n) is 9.56. The van der Waals surface area contributed by atoms with Gasteiger partial charge in [-0.1, -0.05) is 30.3 Å². The number of piperidine rings is 1. The number of likely N-dealkylation sites (tertiary alicyclic amines) is 1. The van der Waals surface area contributed by atoms with E-state index < -0.39 is 6.17 Å². The normalized spacial score (nSPS) is 20.5. The summed E-state index contributed by atoms with van der Waals surface area (Å²) in [4.78, 5) is 14.8. The Bertz CT molecular complexity index is 1850. The number of nitrogens with two attached hydrogens (primary N) is 1. The highest BCUT2D eigenvalue weighted by Gasteiger charge is 2.30. The molecule has 2 aliphatic carbocycles. The largest absolute Gasteiger partial charge is 0.339 e. The molecule has 1 saturated carbocycles. The van der Waals surface area contributed by atoms with Crippen molar-refractivity contribution in [3.8, 4) is 22.5 Å². The Labute approximate surface area is 244 Å². The fourth-order valence-corrected chi connectivity index (χ4v) is 7.10. The molecule has 2 aromatic carbocycles. The van der Waals surface area contributed by atoms with Crippen molar-refractivity contribution < 1.29 is 9.18 Å². The summed E-state index contributed by atoms with van der Waals surface area (Å²) < 4.78 is 18.4. The minimum absolute atomic E-state index is 0.0860. The molecule has 0 spiro atoms. The fourth-order valence-electron chi connectivity index (χ4n) is 7.10. The number of hydrogen-bond acceptors (Lipinski definition) is 3. The molecular formula is C35H36FN5O. The molecule has 8 rings (SSSR count). The van der Waals surface area contributed by atoms with E-state index in [1.165, 1.54) is 70.2 Å². The lowest BCUT2D eigenvalue weighted by Gasteiger charge is -2.32. The van der Waals surface area contributed by atoms with Crippen molar-refractivity contribution in [2.45, 2.75) is 64.2 Å². The van der Waals surface area contributed by atoms with E-state index in [4.69, 9.17) is 10.8 Å². The van der Waals surface area contributed by atoms with Crippen LogP contribution in [-0.4, -0.2) is 50.3 Å². The third kappa shape index (κ3) is 4.42. The van der Waals surface area contributed by atoms with Gasteiger partial charge in [0.2, 0.25) is 0 Å². The van der Waals surface area contributed by atoms with Crippen LogP contribution in [0.3, 0.4) is 0 Å². The van der Waals surface area contributed by atoms with Crippen molar-refractivity contribution >= 4 is 22.3 Å². The van der Waals surface area contributed by atoms with E-state index in [0.717, 1.165) is 29.0 Å². The topological polar surface area (TPSA) is 68.6 Å². The van der Waals surface area contributed by atoms with Gasteiger partial charge in [-0.05, 0) is 97.9 Å². The zero-order valence-corrected chi connectivity index (χ0v) is 24.0. The minimum Gasteiger partial charge on any atom is -0.339 e. The van der Waals surface area contributed by atoms with Crippen molar-refractivity contribution in [1.82, 2.24) is 19.1 Å². The van der Waals surface area contributed by atoms with Crippen LogP contribution >= 0.6 is 0 Å². The highest BCUT2D eigenvalue weighted by Crippen LogP contribution is 2.38. The number of aromatic nitrogens is 3. The molecule has 2 fully saturated rings. The van der Waals surface area contributed by atoms with Gasteiger partial charge < -0.3 is 15.2 Å². The average Bonchev–Trinajstić information content (AvgIpc) is 3.41. The number of fused-ring (bicyclic) bond motifs is 3. The zero-order chi connectivity index (χ0) is 28.5. The number of halogens is 1. The average molecular weight is 562 g/mol. The lowest BCUT2D eigenvalue weighted by Crippen LogP contribution is -2.50. The molecule has 7 heteroatoms. The van der Waals surface area contributed by atoms with Gasteiger partial charge in [0.15, 0.2) is 0 Å². The summed E-state index contributed by atoms with van der Waals surface area (Å²) in [6.07, 6.45) is 7.14. The van der Waals surface area contributed by atoms with E-state index >= 15 is 0 Å². The summed E-state index contributed by atoms with van der Waals surface area (Å²) in [6.45, 7) is 3.53. The monoisotopic (exact) mass is 561 g/mol. The number of nitrogens with zero attached hydrogens (tertiary/aromatic N) is 4. The van der Waals surface area contributed by atoms with Gasteiger partial charge in [-0.25, -0.2) is 8.91 Å². The smallest absolute Gasteiger partial charge is 0.255 e. The zero-order valence-electron chi connectivity index (χ0n) is 24.0. The Balaban J connectivity index is 1.19. The van der Waals surface area contributed by atoms with Gasteiger partial charge in [0.05, 0.1) is 23.3 Å². The molecule has 0 radical (unpaired) electrons. The summed E-state index contributed by atoms with van der Waals surface area (Å²) >= 11 is 0. The molecule has 42 heavy (non-hydrogen) atoms. The second kappa shape index (κ2) is 9.80. The Morgan fingerprint density at radius 1 is 0.976 bits per heavy atom. The van der Waals surface area contributed by atoms with Crippen LogP contribution in [0, 0.1) is 12.8 Å². The van der Waals surface area contributed by atoms with Crippen LogP contribution in [0.5, 0.6) is 0 Å². The van der Waals surface area contributed by atoms with E-state index in [0.29, 0.717) is 24.4 Å².